The topological polar surface area (TPSA) is 72.7 Å². The molecule has 2 aromatic heterocycles. The predicted octanol–water partition coefficient (Wildman–Crippen LogP) is 2.46. The first-order valence-corrected chi connectivity index (χ1v) is 7.85. The molecule has 0 aliphatic heterocycles. The van der Waals surface area contributed by atoms with Crippen LogP contribution < -0.4 is 10.9 Å². The summed E-state index contributed by atoms with van der Waals surface area (Å²) < 4.78 is 6.24. The second-order valence-corrected chi connectivity index (χ2v) is 5.89. The van der Waals surface area contributed by atoms with E-state index in [9.17, 15) is 9.59 Å². The van der Waals surface area contributed by atoms with Crippen LogP contribution >= 0.6 is 11.3 Å². The van der Waals surface area contributed by atoms with Crippen molar-refractivity contribution in [3.63, 3.8) is 0 Å². The highest BCUT2D eigenvalue weighted by Gasteiger charge is 2.09. The highest BCUT2D eigenvalue weighted by Crippen LogP contribution is 2.18. The zero-order valence-electron chi connectivity index (χ0n) is 12.7. The lowest BCUT2D eigenvalue weighted by Gasteiger charge is -2.10. The molecule has 23 heavy (non-hydrogen) atoms. The third-order valence-corrected chi connectivity index (χ3v) is 4.23. The summed E-state index contributed by atoms with van der Waals surface area (Å²) in [6.45, 7) is 2.34. The van der Waals surface area contributed by atoms with E-state index in [1.54, 1.807) is 18.3 Å². The molecule has 2 heterocycles. The Labute approximate surface area is 136 Å². The van der Waals surface area contributed by atoms with Gasteiger partial charge in [0.1, 0.15) is 0 Å². The number of hydrogen-bond donors (Lipinski definition) is 1. The molecule has 0 aliphatic rings. The highest BCUT2D eigenvalue weighted by molar-refractivity contribution is 7.15. The van der Waals surface area contributed by atoms with E-state index < -0.39 is 0 Å². The number of aromatic nitrogens is 2. The number of nitrogens with one attached hydrogen (secondary N) is 1. The summed E-state index contributed by atoms with van der Waals surface area (Å²) in [7, 11) is 1.35. The summed E-state index contributed by atoms with van der Waals surface area (Å²) in [5.41, 5.74) is 2.82. The van der Waals surface area contributed by atoms with Gasteiger partial charge in [0.05, 0.1) is 24.9 Å². The summed E-state index contributed by atoms with van der Waals surface area (Å²) in [6.07, 6.45) is 1.70. The van der Waals surface area contributed by atoms with Crippen molar-refractivity contribution in [3.8, 4) is 0 Å². The molecule has 0 saturated heterocycles. The fourth-order valence-corrected chi connectivity index (χ4v) is 2.96. The summed E-state index contributed by atoms with van der Waals surface area (Å²) >= 11 is 1.41. The Kier molecular flexibility index (Phi) is 4.12. The van der Waals surface area contributed by atoms with Gasteiger partial charge in [0.2, 0.25) is 0 Å². The minimum Gasteiger partial charge on any atom is -0.465 e. The Balaban J connectivity index is 1.84. The second kappa shape index (κ2) is 6.21. The van der Waals surface area contributed by atoms with Gasteiger partial charge in [0, 0.05) is 23.3 Å². The van der Waals surface area contributed by atoms with E-state index in [1.807, 2.05) is 18.4 Å². The summed E-state index contributed by atoms with van der Waals surface area (Å²) in [6, 6.07) is 6.80. The summed E-state index contributed by atoms with van der Waals surface area (Å²) in [5, 5.41) is 5.04. The van der Waals surface area contributed by atoms with E-state index in [0.717, 1.165) is 11.3 Å². The van der Waals surface area contributed by atoms with E-state index in [4.69, 9.17) is 4.74 Å². The Morgan fingerprint density at radius 2 is 2.22 bits per heavy atom. The van der Waals surface area contributed by atoms with Crippen molar-refractivity contribution < 1.29 is 9.53 Å². The molecule has 0 amide bonds. The number of methoxy groups -OCH3 is 1. The number of hydrogen-bond acceptors (Lipinski definition) is 6. The van der Waals surface area contributed by atoms with Crippen molar-refractivity contribution >= 4 is 28.0 Å². The van der Waals surface area contributed by atoms with Crippen LogP contribution in [0.4, 0.5) is 5.69 Å². The predicted molar refractivity (Wildman–Crippen MR) is 89.2 cm³/mol. The monoisotopic (exact) mass is 329 g/mol. The van der Waals surface area contributed by atoms with Crippen molar-refractivity contribution in [1.82, 2.24) is 9.38 Å². The molecule has 0 bridgehead atoms. The lowest BCUT2D eigenvalue weighted by atomic mass is 10.1. The van der Waals surface area contributed by atoms with Gasteiger partial charge >= 0.3 is 5.97 Å². The Morgan fingerprint density at radius 1 is 1.39 bits per heavy atom. The van der Waals surface area contributed by atoms with E-state index in [1.165, 1.54) is 28.9 Å². The lowest BCUT2D eigenvalue weighted by molar-refractivity contribution is 0.0601. The lowest BCUT2D eigenvalue weighted by Crippen LogP contribution is -2.15. The number of ether oxygens (including phenoxy) is 1. The molecule has 0 fully saturated rings. The van der Waals surface area contributed by atoms with E-state index >= 15 is 0 Å². The Hall–Kier alpha value is -2.67. The number of carbonyl (C=O) groups is 1. The maximum absolute atomic E-state index is 12.0. The molecule has 1 N–H and O–H groups in total. The van der Waals surface area contributed by atoms with Gasteiger partial charge < -0.3 is 10.1 Å². The quantitative estimate of drug-likeness (QED) is 0.745. The highest BCUT2D eigenvalue weighted by atomic mass is 32.1. The molecular formula is C16H15N3O3S. The van der Waals surface area contributed by atoms with Gasteiger partial charge in [-0.2, -0.15) is 0 Å². The maximum Gasteiger partial charge on any atom is 0.337 e. The molecule has 6 nitrogen and oxygen atoms in total. The van der Waals surface area contributed by atoms with Crippen molar-refractivity contribution in [1.29, 1.82) is 0 Å². The van der Waals surface area contributed by atoms with Crippen molar-refractivity contribution in [2.75, 3.05) is 12.4 Å². The van der Waals surface area contributed by atoms with Crippen molar-refractivity contribution in [3.05, 3.63) is 63.0 Å². The largest absolute Gasteiger partial charge is 0.465 e. The molecule has 118 valence electrons. The zero-order valence-corrected chi connectivity index (χ0v) is 13.5. The number of aryl methyl sites for hydroxylation is 1. The van der Waals surface area contributed by atoms with Gasteiger partial charge in [-0.1, -0.05) is 6.07 Å². The van der Waals surface area contributed by atoms with Gasteiger partial charge in [-0.25, -0.2) is 9.78 Å². The van der Waals surface area contributed by atoms with Crippen LogP contribution in [0, 0.1) is 6.92 Å². The molecule has 0 atom stereocenters. The SMILES string of the molecule is COC(=O)c1ccc(C)c(NCc2cc(=O)n3ccsc3n2)c1. The van der Waals surface area contributed by atoms with E-state index in [-0.39, 0.29) is 11.5 Å². The van der Waals surface area contributed by atoms with Crippen LogP contribution in [0.1, 0.15) is 21.6 Å². The van der Waals surface area contributed by atoms with Crippen LogP contribution in [0.5, 0.6) is 0 Å². The average molecular weight is 329 g/mol. The zero-order chi connectivity index (χ0) is 16.4. The second-order valence-electron chi connectivity index (χ2n) is 5.02. The molecule has 1 aromatic carbocycles. The molecule has 7 heteroatoms. The molecular weight excluding hydrogens is 314 g/mol. The number of nitrogens with zero attached hydrogens (tertiary/aromatic N) is 2. The number of anilines is 1. The van der Waals surface area contributed by atoms with Crippen LogP contribution in [0.25, 0.3) is 4.96 Å². The van der Waals surface area contributed by atoms with E-state index in [0.29, 0.717) is 22.8 Å². The number of fused-ring (bicyclic) bond motifs is 1. The molecule has 0 radical (unpaired) electrons. The van der Waals surface area contributed by atoms with Crippen LogP contribution in [0.2, 0.25) is 0 Å². The molecule has 0 unspecified atom stereocenters. The number of rotatable bonds is 4. The smallest absolute Gasteiger partial charge is 0.337 e. The number of esters is 1. The van der Waals surface area contributed by atoms with Crippen LogP contribution in [0.3, 0.4) is 0 Å². The van der Waals surface area contributed by atoms with Gasteiger partial charge in [0.15, 0.2) is 4.96 Å². The fourth-order valence-electron chi connectivity index (χ4n) is 2.22. The molecule has 0 aliphatic carbocycles. The van der Waals surface area contributed by atoms with Crippen molar-refractivity contribution in [2.24, 2.45) is 0 Å². The minimum absolute atomic E-state index is 0.104. The van der Waals surface area contributed by atoms with Gasteiger partial charge in [-0.15, -0.1) is 11.3 Å². The normalized spacial score (nSPS) is 10.7. The standard InChI is InChI=1S/C16H15N3O3S/c1-10-3-4-11(15(21)22-2)7-13(10)17-9-12-8-14(20)19-5-6-23-16(19)18-12/h3-8,17H,9H2,1-2H3. The molecule has 0 saturated carbocycles. The molecule has 3 aromatic rings. The van der Waals surface area contributed by atoms with Gasteiger partial charge in [-0.3, -0.25) is 9.20 Å². The first-order chi connectivity index (χ1) is 11.1. The van der Waals surface area contributed by atoms with Crippen LogP contribution in [0.15, 0.2) is 40.6 Å². The van der Waals surface area contributed by atoms with Gasteiger partial charge in [0.25, 0.3) is 5.56 Å². The molecule has 3 rings (SSSR count). The summed E-state index contributed by atoms with van der Waals surface area (Å²) in [5.74, 6) is -0.385. The Bertz CT molecular complexity index is 930. The molecule has 0 spiro atoms. The van der Waals surface area contributed by atoms with Crippen LogP contribution in [-0.2, 0) is 11.3 Å². The maximum atomic E-state index is 12.0. The fraction of sp³-hybridized carbons (Fsp3) is 0.188. The summed E-state index contributed by atoms with van der Waals surface area (Å²) in [4.78, 5) is 28.7. The van der Waals surface area contributed by atoms with E-state index in [2.05, 4.69) is 10.3 Å². The number of benzene rings is 1. The third-order valence-electron chi connectivity index (χ3n) is 3.47. The van der Waals surface area contributed by atoms with Crippen molar-refractivity contribution in [2.45, 2.75) is 13.5 Å². The minimum atomic E-state index is -0.385. The first kappa shape index (κ1) is 15.2. The Morgan fingerprint density at radius 3 is 3.00 bits per heavy atom. The first-order valence-electron chi connectivity index (χ1n) is 6.97. The van der Waals surface area contributed by atoms with Crippen LogP contribution in [-0.4, -0.2) is 22.5 Å². The third kappa shape index (κ3) is 3.09. The van der Waals surface area contributed by atoms with Gasteiger partial charge in [-0.05, 0) is 24.6 Å². The average Bonchev–Trinajstić information content (AvgIpc) is 3.02. The number of carbonyl (C=O) groups excluding carboxylic acids is 1. The number of thiazole rings is 1.